The zero-order chi connectivity index (χ0) is 32.4. The van der Waals surface area contributed by atoms with Crippen molar-refractivity contribution >= 4 is 0 Å². The van der Waals surface area contributed by atoms with Crippen LogP contribution >= 0.6 is 0 Å². The van der Waals surface area contributed by atoms with Crippen molar-refractivity contribution in [2.75, 3.05) is 113 Å². The van der Waals surface area contributed by atoms with E-state index in [9.17, 15) is 52.7 Å². The average molecular weight is 644 g/mol. The molecule has 0 bridgehead atoms. The van der Waals surface area contributed by atoms with Crippen molar-refractivity contribution in [1.82, 2.24) is 34.3 Å². The highest BCUT2D eigenvalue weighted by molar-refractivity contribution is 4.73. The minimum Gasteiger partial charge on any atom is -0.305 e. The zero-order valence-corrected chi connectivity index (χ0v) is 24.0. The molecule has 0 atom stereocenters. The van der Waals surface area contributed by atoms with Gasteiger partial charge in [-0.05, 0) is 47.1 Å². The monoisotopic (exact) mass is 643 g/mol. The molecule has 0 N–H and O–H groups in total. The molecule has 0 aromatic heterocycles. The van der Waals surface area contributed by atoms with Gasteiger partial charge in [0.2, 0.25) is 0 Å². The Morgan fingerprint density at radius 1 is 0.286 bits per heavy atom. The lowest BCUT2D eigenvalue weighted by molar-refractivity contribution is -0.275. The average Bonchev–Trinajstić information content (AvgIpc) is 2.81. The molecule has 19 heteroatoms. The molecule has 1 heterocycles. The van der Waals surface area contributed by atoms with Gasteiger partial charge in [0.15, 0.2) is 0 Å². The number of alkyl halides is 12. The highest BCUT2D eigenvalue weighted by Gasteiger charge is 2.43. The minimum atomic E-state index is -5.23. The molecule has 1 fully saturated rings. The smallest absolute Gasteiger partial charge is 0.305 e. The summed E-state index contributed by atoms with van der Waals surface area (Å²) >= 11 is 0. The maximum atomic E-state index is 13.6. The highest BCUT2D eigenvalue weighted by atomic mass is 19.4. The van der Waals surface area contributed by atoms with Crippen LogP contribution in [0.4, 0.5) is 52.7 Å². The predicted molar refractivity (Wildman–Crippen MR) is 132 cm³/mol. The van der Waals surface area contributed by atoms with Crippen molar-refractivity contribution in [3.05, 3.63) is 0 Å². The third kappa shape index (κ3) is 15.6. The van der Waals surface area contributed by atoms with Crippen LogP contribution < -0.4 is 0 Å². The third-order valence-corrected chi connectivity index (χ3v) is 7.02. The number of hydrogen-bond acceptors (Lipinski definition) is 7. The summed E-state index contributed by atoms with van der Waals surface area (Å²) in [5.74, 6) is 0. The number of nitrogens with zero attached hydrogens (tertiary/aromatic N) is 7. The van der Waals surface area contributed by atoms with Gasteiger partial charge in [-0.2, -0.15) is 52.7 Å². The first-order valence-corrected chi connectivity index (χ1v) is 13.4. The van der Waals surface area contributed by atoms with Crippen LogP contribution in [-0.4, -0.2) is 172 Å². The van der Waals surface area contributed by atoms with Gasteiger partial charge in [-0.25, -0.2) is 19.6 Å². The summed E-state index contributed by atoms with van der Waals surface area (Å²) < 4.78 is 162. The molecule has 42 heavy (non-hydrogen) atoms. The van der Waals surface area contributed by atoms with E-state index in [1.165, 1.54) is 0 Å². The van der Waals surface area contributed by atoms with Gasteiger partial charge in [-0.15, -0.1) is 0 Å². The second-order valence-corrected chi connectivity index (χ2v) is 10.4. The minimum absolute atomic E-state index is 0.0226. The molecule has 252 valence electrons. The Labute approximate surface area is 238 Å². The van der Waals surface area contributed by atoms with Crippen molar-refractivity contribution in [3.63, 3.8) is 0 Å². The summed E-state index contributed by atoms with van der Waals surface area (Å²) in [6.45, 7) is -6.36. The van der Waals surface area contributed by atoms with Gasteiger partial charge in [0.05, 0.1) is 0 Å². The van der Waals surface area contributed by atoms with Crippen LogP contribution in [0.15, 0.2) is 0 Å². The fraction of sp³-hybridized carbons (Fsp3) is 1.00. The predicted octanol–water partition coefficient (Wildman–Crippen LogP) is 3.86. The van der Waals surface area contributed by atoms with Gasteiger partial charge in [-0.1, -0.05) is 0 Å². The SMILES string of the molecule is CN1CCCN(C)CCN(C(F)(F)F)CCCN(C(F)(F)F)CCN(C(F)(F)F)CCN(C(F)(F)F)CCN(C)CC1. The molecule has 7 nitrogen and oxygen atoms in total. The Kier molecular flexibility index (Phi) is 15.6. The summed E-state index contributed by atoms with van der Waals surface area (Å²) in [5, 5.41) is 0. The van der Waals surface area contributed by atoms with Gasteiger partial charge >= 0.3 is 25.2 Å². The zero-order valence-electron chi connectivity index (χ0n) is 24.0. The first-order chi connectivity index (χ1) is 19.1. The van der Waals surface area contributed by atoms with Crippen LogP contribution in [0, 0.1) is 0 Å². The van der Waals surface area contributed by atoms with Crippen LogP contribution in [0.25, 0.3) is 0 Å². The molecule has 0 unspecified atom stereocenters. The summed E-state index contributed by atoms with van der Waals surface area (Å²) in [6.07, 6.45) is -20.3. The van der Waals surface area contributed by atoms with Crippen molar-refractivity contribution in [2.24, 2.45) is 0 Å². The van der Waals surface area contributed by atoms with Crippen LogP contribution in [-0.2, 0) is 0 Å². The Balaban J connectivity index is 3.13. The molecule has 1 aliphatic rings. The normalized spacial score (nSPS) is 23.8. The van der Waals surface area contributed by atoms with E-state index in [1.54, 1.807) is 30.9 Å². The largest absolute Gasteiger partial charge is 0.460 e. The second kappa shape index (κ2) is 16.8. The molecule has 0 aliphatic carbocycles. The van der Waals surface area contributed by atoms with E-state index in [0.29, 0.717) is 32.6 Å². The summed E-state index contributed by atoms with van der Waals surface area (Å²) in [5.41, 5.74) is 0. The first-order valence-electron chi connectivity index (χ1n) is 13.4. The molecule has 1 rings (SSSR count). The lowest BCUT2D eigenvalue weighted by Gasteiger charge is -2.33. The summed E-state index contributed by atoms with van der Waals surface area (Å²) in [4.78, 5) is 4.26. The van der Waals surface area contributed by atoms with Gasteiger partial charge in [-0.3, -0.25) is 0 Å². The van der Waals surface area contributed by atoms with Crippen molar-refractivity contribution in [1.29, 1.82) is 0 Å². The van der Waals surface area contributed by atoms with Crippen molar-refractivity contribution < 1.29 is 52.7 Å². The second-order valence-electron chi connectivity index (χ2n) is 10.4. The fourth-order valence-corrected chi connectivity index (χ4v) is 4.27. The maximum Gasteiger partial charge on any atom is 0.460 e. The number of halogens is 12. The van der Waals surface area contributed by atoms with Crippen LogP contribution in [0.1, 0.15) is 12.8 Å². The van der Waals surface area contributed by atoms with Gasteiger partial charge in [0.25, 0.3) is 0 Å². The molecular weight excluding hydrogens is 602 g/mol. The van der Waals surface area contributed by atoms with E-state index < -0.39 is 88.9 Å². The standard InChI is InChI=1S/C23H41F12N7/c1-36-6-4-7-37(2)12-14-39(20(24,25)26)8-5-9-40(21(27,28)29)16-17-42(23(33,34)35)19-18-41(22(30,31)32)15-13-38(3)11-10-36/h4-19H2,1-3H3. The Morgan fingerprint density at radius 2 is 0.476 bits per heavy atom. The van der Waals surface area contributed by atoms with Crippen LogP contribution in [0.3, 0.4) is 0 Å². The number of hydrogen-bond donors (Lipinski definition) is 0. The quantitative estimate of drug-likeness (QED) is 0.292. The maximum absolute atomic E-state index is 13.6. The van der Waals surface area contributed by atoms with Gasteiger partial charge < -0.3 is 14.7 Å². The number of rotatable bonds is 0. The van der Waals surface area contributed by atoms with E-state index in [4.69, 9.17) is 0 Å². The lowest BCUT2D eigenvalue weighted by atomic mass is 10.3. The van der Waals surface area contributed by atoms with E-state index in [0.717, 1.165) is 0 Å². The molecule has 0 aromatic rings. The van der Waals surface area contributed by atoms with Crippen molar-refractivity contribution in [2.45, 2.75) is 38.0 Å². The lowest BCUT2D eigenvalue weighted by Crippen LogP contribution is -2.52. The van der Waals surface area contributed by atoms with E-state index in [-0.39, 0.29) is 27.8 Å². The van der Waals surface area contributed by atoms with E-state index in [1.807, 2.05) is 4.90 Å². The molecule has 0 spiro atoms. The third-order valence-electron chi connectivity index (χ3n) is 7.02. The van der Waals surface area contributed by atoms with Gasteiger partial charge in [0, 0.05) is 78.5 Å². The summed E-state index contributed by atoms with van der Waals surface area (Å²) in [7, 11) is 4.93. The van der Waals surface area contributed by atoms with Crippen LogP contribution in [0.5, 0.6) is 0 Å². The number of likely N-dealkylation sites (N-methyl/N-ethyl adjacent to an activating group) is 3. The highest BCUT2D eigenvalue weighted by Crippen LogP contribution is 2.27. The molecule has 1 aliphatic heterocycles. The van der Waals surface area contributed by atoms with Crippen LogP contribution in [0.2, 0.25) is 0 Å². The summed E-state index contributed by atoms with van der Waals surface area (Å²) in [6, 6.07) is 0. The van der Waals surface area contributed by atoms with E-state index >= 15 is 0 Å². The molecule has 0 radical (unpaired) electrons. The Morgan fingerprint density at radius 3 is 0.762 bits per heavy atom. The molecule has 1 saturated heterocycles. The molecule has 0 aromatic carbocycles. The fourth-order valence-electron chi connectivity index (χ4n) is 4.27. The van der Waals surface area contributed by atoms with E-state index in [2.05, 4.69) is 0 Å². The molecular formula is C23H41F12N7. The molecule has 0 saturated carbocycles. The van der Waals surface area contributed by atoms with Gasteiger partial charge in [0.1, 0.15) is 0 Å². The Bertz CT molecular complexity index is 745. The molecule has 0 amide bonds. The van der Waals surface area contributed by atoms with Crippen molar-refractivity contribution in [3.8, 4) is 0 Å². The Hall–Kier alpha value is -1.12. The first kappa shape index (κ1) is 38.9. The topological polar surface area (TPSA) is 22.7 Å².